The maximum atomic E-state index is 14.8. The third kappa shape index (κ3) is 4.34. The molecule has 0 spiro atoms. The molecule has 174 valence electrons. The Bertz CT molecular complexity index is 1190. The van der Waals surface area contributed by atoms with Gasteiger partial charge in [-0.1, -0.05) is 34.7 Å². The van der Waals surface area contributed by atoms with E-state index in [4.69, 9.17) is 4.74 Å². The Hall–Kier alpha value is -2.57. The molecule has 0 aliphatic carbocycles. The van der Waals surface area contributed by atoms with Crippen LogP contribution in [-0.4, -0.2) is 60.6 Å². The second-order valence-electron chi connectivity index (χ2n) is 8.01. The summed E-state index contributed by atoms with van der Waals surface area (Å²) < 4.78 is 21.0. The van der Waals surface area contributed by atoms with E-state index >= 15 is 0 Å². The molecule has 1 saturated heterocycles. The fourth-order valence-electron chi connectivity index (χ4n) is 4.05. The number of amides is 1. The van der Waals surface area contributed by atoms with Crippen molar-refractivity contribution in [2.24, 2.45) is 0 Å². The number of aromatic nitrogens is 2. The molecule has 2 heterocycles. The van der Waals surface area contributed by atoms with Gasteiger partial charge in [0.2, 0.25) is 5.91 Å². The van der Waals surface area contributed by atoms with E-state index in [-0.39, 0.29) is 11.7 Å². The number of alkyl halides is 1. The van der Waals surface area contributed by atoms with Crippen LogP contribution in [0.2, 0.25) is 0 Å². The number of nitrogens with zero attached hydrogens (tertiary/aromatic N) is 3. The van der Waals surface area contributed by atoms with Crippen LogP contribution in [0.4, 0.5) is 15.9 Å². The van der Waals surface area contributed by atoms with Gasteiger partial charge in [0.05, 0.1) is 18.3 Å². The predicted molar refractivity (Wildman–Crippen MR) is 135 cm³/mol. The highest BCUT2D eigenvalue weighted by molar-refractivity contribution is 14.1. The number of anilines is 2. The number of methoxy groups -OCH3 is 1. The number of nitrogens with one attached hydrogen (secondary N) is 3. The van der Waals surface area contributed by atoms with Gasteiger partial charge >= 0.3 is 0 Å². The molecule has 1 amide bonds. The van der Waals surface area contributed by atoms with Crippen LogP contribution in [0.25, 0.3) is 10.9 Å². The minimum atomic E-state index is -0.619. The molecule has 1 aliphatic heterocycles. The van der Waals surface area contributed by atoms with E-state index in [1.54, 1.807) is 26.3 Å². The normalized spacial score (nSPS) is 14.7. The van der Waals surface area contributed by atoms with Crippen molar-refractivity contribution < 1.29 is 13.9 Å². The van der Waals surface area contributed by atoms with Crippen LogP contribution in [0.3, 0.4) is 0 Å². The van der Waals surface area contributed by atoms with E-state index in [1.807, 2.05) is 30.1 Å². The van der Waals surface area contributed by atoms with Gasteiger partial charge in [0.1, 0.15) is 23.4 Å². The summed E-state index contributed by atoms with van der Waals surface area (Å²) in [4.78, 5) is 23.3. The van der Waals surface area contributed by atoms with E-state index in [1.165, 1.54) is 6.33 Å². The molecule has 4 rings (SSSR count). The fraction of sp³-hybridized carbons (Fsp3) is 0.348. The lowest BCUT2D eigenvalue weighted by atomic mass is 9.88. The number of carbonyl (C=O) groups excluding carboxylic acids is 1. The molecule has 3 N–H and O–H groups in total. The lowest BCUT2D eigenvalue weighted by molar-refractivity contribution is -0.136. The Labute approximate surface area is 205 Å². The lowest BCUT2D eigenvalue weighted by Gasteiger charge is -2.47. The molecule has 8 nitrogen and oxygen atoms in total. The van der Waals surface area contributed by atoms with Gasteiger partial charge in [-0.25, -0.2) is 14.4 Å². The fourth-order valence-corrected chi connectivity index (χ4v) is 4.64. The Morgan fingerprint density at radius 3 is 2.73 bits per heavy atom. The average Bonchev–Trinajstić information content (AvgIpc) is 2.79. The predicted octanol–water partition coefficient (Wildman–Crippen LogP) is 2.98. The number of carbonyl (C=O) groups is 1. The summed E-state index contributed by atoms with van der Waals surface area (Å²) in [7, 11) is 5.18. The smallest absolute Gasteiger partial charge is 0.242 e. The van der Waals surface area contributed by atoms with Crippen LogP contribution in [0.1, 0.15) is 11.1 Å². The van der Waals surface area contributed by atoms with Crippen LogP contribution in [-0.2, 0) is 15.8 Å². The van der Waals surface area contributed by atoms with Crippen LogP contribution in [0.15, 0.2) is 36.7 Å². The van der Waals surface area contributed by atoms with Gasteiger partial charge in [-0.15, -0.1) is 0 Å². The number of hydrogen-bond acceptors (Lipinski definition) is 7. The maximum absolute atomic E-state index is 14.8. The van der Waals surface area contributed by atoms with Crippen LogP contribution in [0.5, 0.6) is 5.75 Å². The molecule has 0 atom stereocenters. The molecule has 33 heavy (non-hydrogen) atoms. The van der Waals surface area contributed by atoms with Crippen molar-refractivity contribution in [3.05, 3.63) is 53.6 Å². The van der Waals surface area contributed by atoms with Crippen molar-refractivity contribution in [1.82, 2.24) is 25.5 Å². The van der Waals surface area contributed by atoms with E-state index in [0.29, 0.717) is 52.4 Å². The SMILES string of the molecule is CNC(=O)C1(N(C)Cc2cc3c(Nc4cccc(CI)c4F)ncnc3cc2OC)CNC1. The minimum absolute atomic E-state index is 0.0279. The Morgan fingerprint density at radius 2 is 2.09 bits per heavy atom. The molecule has 1 aliphatic rings. The number of halogens is 2. The van der Waals surface area contributed by atoms with Gasteiger partial charge in [0, 0.05) is 48.1 Å². The zero-order valence-corrected chi connectivity index (χ0v) is 20.9. The van der Waals surface area contributed by atoms with Crippen molar-refractivity contribution in [2.75, 3.05) is 39.6 Å². The highest BCUT2D eigenvalue weighted by Crippen LogP contribution is 2.33. The monoisotopic (exact) mass is 564 g/mol. The van der Waals surface area contributed by atoms with Gasteiger partial charge in [-0.05, 0) is 24.7 Å². The first-order valence-corrected chi connectivity index (χ1v) is 12.0. The Balaban J connectivity index is 1.72. The first kappa shape index (κ1) is 23.6. The summed E-state index contributed by atoms with van der Waals surface area (Å²) in [6, 6.07) is 9.05. The summed E-state index contributed by atoms with van der Waals surface area (Å²) in [6.07, 6.45) is 1.44. The topological polar surface area (TPSA) is 91.4 Å². The minimum Gasteiger partial charge on any atom is -0.496 e. The highest BCUT2D eigenvalue weighted by Gasteiger charge is 2.47. The Morgan fingerprint density at radius 1 is 1.30 bits per heavy atom. The van der Waals surface area contributed by atoms with E-state index in [2.05, 4.69) is 48.5 Å². The summed E-state index contributed by atoms with van der Waals surface area (Å²) in [5, 5.41) is 9.83. The molecule has 10 heteroatoms. The number of fused-ring (bicyclic) bond motifs is 1. The largest absolute Gasteiger partial charge is 0.496 e. The third-order valence-electron chi connectivity index (χ3n) is 6.14. The number of likely N-dealkylation sites (N-methyl/N-ethyl adjacent to an activating group) is 2. The van der Waals surface area contributed by atoms with Gasteiger partial charge in [0.15, 0.2) is 5.82 Å². The molecule has 3 aromatic rings. The molecule has 0 bridgehead atoms. The zero-order chi connectivity index (χ0) is 23.6. The summed E-state index contributed by atoms with van der Waals surface area (Å²) in [5.74, 6) is 0.843. The average molecular weight is 564 g/mol. The van der Waals surface area contributed by atoms with Crippen molar-refractivity contribution in [1.29, 1.82) is 0 Å². The molecule has 1 fully saturated rings. The molecular formula is C23H26FIN6O2. The zero-order valence-electron chi connectivity index (χ0n) is 18.7. The van der Waals surface area contributed by atoms with Crippen molar-refractivity contribution in [2.45, 2.75) is 16.5 Å². The van der Waals surface area contributed by atoms with Gasteiger partial charge in [-0.3, -0.25) is 9.69 Å². The van der Waals surface area contributed by atoms with Gasteiger partial charge in [0.25, 0.3) is 0 Å². The second-order valence-corrected chi connectivity index (χ2v) is 8.77. The molecule has 0 unspecified atom stereocenters. The molecule has 2 aromatic carbocycles. The second kappa shape index (κ2) is 9.74. The van der Waals surface area contributed by atoms with Gasteiger partial charge < -0.3 is 20.7 Å². The quantitative estimate of drug-likeness (QED) is 0.286. The summed E-state index contributed by atoms with van der Waals surface area (Å²) in [6.45, 7) is 1.62. The summed E-state index contributed by atoms with van der Waals surface area (Å²) in [5.41, 5.74) is 1.91. The number of benzene rings is 2. The van der Waals surface area contributed by atoms with Crippen molar-refractivity contribution in [3.8, 4) is 5.75 Å². The molecule has 1 aromatic heterocycles. The first-order valence-electron chi connectivity index (χ1n) is 10.5. The highest BCUT2D eigenvalue weighted by atomic mass is 127. The van der Waals surface area contributed by atoms with E-state index in [9.17, 15) is 9.18 Å². The van der Waals surface area contributed by atoms with E-state index in [0.717, 1.165) is 10.9 Å². The number of ether oxygens (including phenoxy) is 1. The number of rotatable bonds is 8. The standard InChI is InChI=1S/C23H26FIN6O2/c1-26-22(32)23(11-27-12-23)31(2)10-15-7-16-18(8-19(15)33-3)28-13-29-21(16)30-17-6-4-5-14(9-25)20(17)24/h4-8,13,27H,9-12H2,1-3H3,(H,26,32)(H,28,29,30). The van der Waals surface area contributed by atoms with Crippen molar-refractivity contribution >= 4 is 50.9 Å². The summed E-state index contributed by atoms with van der Waals surface area (Å²) >= 11 is 2.14. The molecule has 0 radical (unpaired) electrons. The number of hydrogen-bond donors (Lipinski definition) is 3. The third-order valence-corrected chi connectivity index (χ3v) is 6.96. The van der Waals surface area contributed by atoms with Crippen LogP contribution < -0.4 is 20.7 Å². The maximum Gasteiger partial charge on any atom is 0.242 e. The van der Waals surface area contributed by atoms with Crippen LogP contribution >= 0.6 is 22.6 Å². The van der Waals surface area contributed by atoms with Crippen molar-refractivity contribution in [3.63, 3.8) is 0 Å². The lowest BCUT2D eigenvalue weighted by Crippen LogP contribution is -2.74. The van der Waals surface area contributed by atoms with Crippen LogP contribution in [0, 0.1) is 5.82 Å². The Kier molecular flexibility index (Phi) is 6.96. The molecule has 0 saturated carbocycles. The first-order chi connectivity index (χ1) is 15.9. The molecular weight excluding hydrogens is 538 g/mol. The van der Waals surface area contributed by atoms with E-state index < -0.39 is 5.54 Å². The van der Waals surface area contributed by atoms with Gasteiger partial charge in [-0.2, -0.15) is 0 Å².